The highest BCUT2D eigenvalue weighted by Gasteiger charge is 2.22. The first-order valence-electron chi connectivity index (χ1n) is 21.9. The number of anilines is 3. The van der Waals surface area contributed by atoms with Crippen molar-refractivity contribution in [2.75, 3.05) is 4.90 Å². The summed E-state index contributed by atoms with van der Waals surface area (Å²) in [4.78, 5) is 2.41. The Hall–Kier alpha value is -8.60. The molecule has 4 heterocycles. The third-order valence-electron chi connectivity index (χ3n) is 13.4. The molecule has 4 nitrogen and oxygen atoms in total. The first-order chi connectivity index (χ1) is 31.7. The van der Waals surface area contributed by atoms with Gasteiger partial charge in [-0.05, 0) is 113 Å². The van der Waals surface area contributed by atoms with Gasteiger partial charge in [-0.2, -0.15) is 0 Å². The first kappa shape index (κ1) is 35.0. The summed E-state index contributed by atoms with van der Waals surface area (Å²) in [7, 11) is 0. The number of benzene rings is 10. The molecule has 0 radical (unpaired) electrons. The Morgan fingerprint density at radius 2 is 0.719 bits per heavy atom. The summed E-state index contributed by atoms with van der Waals surface area (Å²) in [6.07, 6.45) is 0. The molecular formula is C60H37N3O. The van der Waals surface area contributed by atoms with Crippen molar-refractivity contribution >= 4 is 98.9 Å². The van der Waals surface area contributed by atoms with Crippen molar-refractivity contribution in [1.29, 1.82) is 0 Å². The van der Waals surface area contributed by atoms with Crippen LogP contribution in [0.25, 0.3) is 110 Å². The van der Waals surface area contributed by atoms with E-state index < -0.39 is 0 Å². The second-order valence-corrected chi connectivity index (χ2v) is 16.9. The van der Waals surface area contributed by atoms with Gasteiger partial charge in [0.25, 0.3) is 0 Å². The van der Waals surface area contributed by atoms with Crippen molar-refractivity contribution in [3.63, 3.8) is 0 Å². The van der Waals surface area contributed by atoms with E-state index >= 15 is 0 Å². The number of rotatable bonds is 6. The predicted octanol–water partition coefficient (Wildman–Crippen LogP) is 16.6. The van der Waals surface area contributed by atoms with Crippen molar-refractivity contribution in [3.8, 4) is 27.9 Å². The van der Waals surface area contributed by atoms with Crippen LogP contribution in [-0.4, -0.2) is 8.97 Å². The molecule has 0 saturated heterocycles. The smallest absolute Gasteiger partial charge is 0.136 e. The summed E-state index contributed by atoms with van der Waals surface area (Å²) in [5.74, 6) is 0. The highest BCUT2D eigenvalue weighted by atomic mass is 16.3. The molecule has 0 N–H and O–H groups in total. The van der Waals surface area contributed by atoms with Gasteiger partial charge in [-0.3, -0.25) is 0 Å². The van der Waals surface area contributed by atoms with E-state index in [0.29, 0.717) is 0 Å². The Kier molecular flexibility index (Phi) is 7.36. The van der Waals surface area contributed by atoms with E-state index in [2.05, 4.69) is 226 Å². The van der Waals surface area contributed by atoms with Gasteiger partial charge in [-0.1, -0.05) is 133 Å². The van der Waals surface area contributed by atoms with Crippen LogP contribution in [0.15, 0.2) is 229 Å². The minimum Gasteiger partial charge on any atom is -0.456 e. The zero-order valence-electron chi connectivity index (χ0n) is 34.6. The summed E-state index contributed by atoms with van der Waals surface area (Å²) < 4.78 is 11.1. The van der Waals surface area contributed by atoms with Gasteiger partial charge in [-0.25, -0.2) is 0 Å². The number of hydrogen-bond acceptors (Lipinski definition) is 2. The third-order valence-corrected chi connectivity index (χ3v) is 13.4. The van der Waals surface area contributed by atoms with E-state index in [0.717, 1.165) is 55.8 Å². The minimum absolute atomic E-state index is 0.900. The summed E-state index contributed by atoms with van der Waals surface area (Å²) in [5.41, 5.74) is 17.0. The van der Waals surface area contributed by atoms with Crippen LogP contribution in [0.4, 0.5) is 17.1 Å². The number of hydrogen-bond donors (Lipinski definition) is 0. The fourth-order valence-corrected chi connectivity index (χ4v) is 10.5. The van der Waals surface area contributed by atoms with Crippen LogP contribution < -0.4 is 4.90 Å². The molecule has 0 spiro atoms. The topological polar surface area (TPSA) is 25.7 Å². The standard InChI is InChI=1S/C60H37N3O/c1-6-16-54-46(11-1)47-12-2-7-17-55(47)62(54)44-32-23-39(24-33-44)38-21-28-42(29-22-38)61(43-30-25-40(26-31-43)41-27-34-51-50-15-5-10-20-58(50)64-59(51)35-41)45-36-52-48-13-3-8-18-56(48)63-57-19-9-4-14-49(57)53(37-45)60(52)63/h1-37H. The Morgan fingerprint density at radius 1 is 0.297 bits per heavy atom. The van der Waals surface area contributed by atoms with Gasteiger partial charge < -0.3 is 18.3 Å². The Bertz CT molecular complexity index is 3980. The van der Waals surface area contributed by atoms with Crippen molar-refractivity contribution in [2.24, 2.45) is 0 Å². The van der Waals surface area contributed by atoms with E-state index in [1.54, 1.807) is 0 Å². The average molecular weight is 816 g/mol. The van der Waals surface area contributed by atoms with Crippen molar-refractivity contribution in [1.82, 2.24) is 8.97 Å². The fourth-order valence-electron chi connectivity index (χ4n) is 10.5. The van der Waals surface area contributed by atoms with Gasteiger partial charge in [0.2, 0.25) is 0 Å². The van der Waals surface area contributed by atoms with Crippen LogP contribution in [0.2, 0.25) is 0 Å². The molecule has 0 aliphatic heterocycles. The maximum atomic E-state index is 6.29. The van der Waals surface area contributed by atoms with E-state index in [1.165, 1.54) is 71.0 Å². The lowest BCUT2D eigenvalue weighted by Gasteiger charge is -2.26. The molecule has 14 rings (SSSR count). The second kappa shape index (κ2) is 13.4. The molecule has 64 heavy (non-hydrogen) atoms. The molecule has 10 aromatic carbocycles. The molecule has 0 unspecified atom stereocenters. The normalized spacial score (nSPS) is 12.1. The van der Waals surface area contributed by atoms with E-state index in [4.69, 9.17) is 4.42 Å². The first-order valence-corrected chi connectivity index (χ1v) is 21.9. The van der Waals surface area contributed by atoms with Crippen LogP contribution in [0.1, 0.15) is 0 Å². The van der Waals surface area contributed by atoms with Crippen LogP contribution in [-0.2, 0) is 0 Å². The molecule has 0 atom stereocenters. The summed E-state index contributed by atoms with van der Waals surface area (Å²) in [6, 6.07) is 81.5. The zero-order chi connectivity index (χ0) is 41.9. The van der Waals surface area contributed by atoms with E-state index in [9.17, 15) is 0 Å². The largest absolute Gasteiger partial charge is 0.456 e. The lowest BCUT2D eigenvalue weighted by Crippen LogP contribution is -2.10. The highest BCUT2D eigenvalue weighted by molar-refractivity contribution is 6.24. The third kappa shape index (κ3) is 5.11. The van der Waals surface area contributed by atoms with Gasteiger partial charge in [0.15, 0.2) is 0 Å². The van der Waals surface area contributed by atoms with Gasteiger partial charge >= 0.3 is 0 Å². The number of nitrogens with zero attached hydrogens (tertiary/aromatic N) is 3. The van der Waals surface area contributed by atoms with Gasteiger partial charge in [0.1, 0.15) is 11.2 Å². The number of fused-ring (bicyclic) bond motifs is 12. The van der Waals surface area contributed by atoms with Crippen LogP contribution in [0.3, 0.4) is 0 Å². The maximum absolute atomic E-state index is 6.29. The minimum atomic E-state index is 0.900. The van der Waals surface area contributed by atoms with Gasteiger partial charge in [-0.15, -0.1) is 0 Å². The monoisotopic (exact) mass is 815 g/mol. The van der Waals surface area contributed by atoms with Crippen molar-refractivity contribution in [3.05, 3.63) is 224 Å². The molecule has 4 heteroatoms. The maximum Gasteiger partial charge on any atom is 0.136 e. The summed E-state index contributed by atoms with van der Waals surface area (Å²) >= 11 is 0. The van der Waals surface area contributed by atoms with Crippen molar-refractivity contribution < 1.29 is 4.42 Å². The molecule has 0 fully saturated rings. The lowest BCUT2D eigenvalue weighted by molar-refractivity contribution is 0.669. The predicted molar refractivity (Wildman–Crippen MR) is 268 cm³/mol. The molecular weight excluding hydrogens is 779 g/mol. The molecule has 14 aromatic rings. The van der Waals surface area contributed by atoms with E-state index in [-0.39, 0.29) is 0 Å². The Balaban J connectivity index is 0.890. The number of aromatic nitrogens is 2. The SMILES string of the molecule is c1ccc2c(c1)oc1cc(-c3ccc(N(c4ccc(-c5ccc(-n6c7ccccc7c7ccccc76)cc5)cc4)c4cc5c6ccccc6n6c7ccccc7c(c4)c56)cc3)ccc12. The van der Waals surface area contributed by atoms with Crippen LogP contribution >= 0.6 is 0 Å². The molecule has 0 saturated carbocycles. The Labute approximate surface area is 368 Å². The van der Waals surface area contributed by atoms with E-state index in [1.807, 2.05) is 12.1 Å². The summed E-state index contributed by atoms with van der Waals surface area (Å²) in [5, 5.41) is 9.82. The van der Waals surface area contributed by atoms with Gasteiger partial charge in [0, 0.05) is 65.8 Å². The quantitative estimate of drug-likeness (QED) is 0.167. The van der Waals surface area contributed by atoms with Gasteiger partial charge in [0.05, 0.1) is 27.6 Å². The molecule has 4 aromatic heterocycles. The van der Waals surface area contributed by atoms with Crippen LogP contribution in [0, 0.1) is 0 Å². The average Bonchev–Trinajstić information content (AvgIpc) is 4.10. The number of furan rings is 1. The number of para-hydroxylation sites is 5. The lowest BCUT2D eigenvalue weighted by atomic mass is 10.0. The molecule has 0 amide bonds. The fraction of sp³-hybridized carbons (Fsp3) is 0. The zero-order valence-corrected chi connectivity index (χ0v) is 34.6. The molecule has 0 aliphatic carbocycles. The molecule has 0 bridgehead atoms. The van der Waals surface area contributed by atoms with Crippen LogP contribution in [0.5, 0.6) is 0 Å². The molecule has 298 valence electrons. The summed E-state index contributed by atoms with van der Waals surface area (Å²) in [6.45, 7) is 0. The molecule has 0 aliphatic rings. The Morgan fingerprint density at radius 3 is 1.28 bits per heavy atom. The van der Waals surface area contributed by atoms with Crippen molar-refractivity contribution in [2.45, 2.75) is 0 Å². The highest BCUT2D eigenvalue weighted by Crippen LogP contribution is 2.45. The second-order valence-electron chi connectivity index (χ2n) is 16.9.